The van der Waals surface area contributed by atoms with Gasteiger partial charge in [-0.3, -0.25) is 0 Å². The van der Waals surface area contributed by atoms with Crippen LogP contribution < -0.4 is 5.32 Å². The molecule has 3 heteroatoms. The van der Waals surface area contributed by atoms with E-state index < -0.39 is 0 Å². The fourth-order valence-electron chi connectivity index (χ4n) is 2.37. The molecule has 0 spiro atoms. The van der Waals surface area contributed by atoms with Gasteiger partial charge in [0.05, 0.1) is 5.01 Å². The molecule has 84 valence electrons. The average Bonchev–Trinajstić information content (AvgIpc) is 2.84. The van der Waals surface area contributed by atoms with Crippen LogP contribution in [0.4, 0.5) is 0 Å². The van der Waals surface area contributed by atoms with Crippen LogP contribution in [0.3, 0.4) is 0 Å². The molecule has 1 saturated carbocycles. The highest BCUT2D eigenvalue weighted by Crippen LogP contribution is 2.27. The largest absolute Gasteiger partial charge is 0.309 e. The van der Waals surface area contributed by atoms with Crippen molar-refractivity contribution < 1.29 is 0 Å². The topological polar surface area (TPSA) is 24.9 Å². The molecule has 0 amide bonds. The van der Waals surface area contributed by atoms with Crippen LogP contribution in [0.1, 0.15) is 42.5 Å². The third-order valence-corrected chi connectivity index (χ3v) is 4.29. The van der Waals surface area contributed by atoms with E-state index in [4.69, 9.17) is 0 Å². The van der Waals surface area contributed by atoms with Crippen LogP contribution in [0, 0.1) is 12.8 Å². The second-order valence-electron chi connectivity index (χ2n) is 4.56. The van der Waals surface area contributed by atoms with Gasteiger partial charge in [0.25, 0.3) is 0 Å². The Bertz CT molecular complexity index is 302. The lowest BCUT2D eigenvalue weighted by molar-refractivity contribution is 0.381. The first-order valence-corrected chi connectivity index (χ1v) is 6.72. The van der Waals surface area contributed by atoms with E-state index in [0.717, 1.165) is 12.5 Å². The highest BCUT2D eigenvalue weighted by Gasteiger charge is 2.20. The zero-order valence-electron chi connectivity index (χ0n) is 9.62. The second-order valence-corrected chi connectivity index (χ2v) is 5.88. The summed E-state index contributed by atoms with van der Waals surface area (Å²) in [6, 6.07) is 0.662. The minimum absolute atomic E-state index is 0.662. The van der Waals surface area contributed by atoms with Crippen molar-refractivity contribution in [1.82, 2.24) is 10.3 Å². The van der Waals surface area contributed by atoms with Gasteiger partial charge in [0.1, 0.15) is 0 Å². The molecule has 0 aliphatic heterocycles. The van der Waals surface area contributed by atoms with Gasteiger partial charge in [-0.15, -0.1) is 11.3 Å². The zero-order chi connectivity index (χ0) is 10.7. The summed E-state index contributed by atoms with van der Waals surface area (Å²) in [6.45, 7) is 5.38. The maximum atomic E-state index is 4.27. The Morgan fingerprint density at radius 2 is 2.27 bits per heavy atom. The zero-order valence-corrected chi connectivity index (χ0v) is 10.4. The Kier molecular flexibility index (Phi) is 3.76. The molecule has 1 aliphatic rings. The van der Waals surface area contributed by atoms with Crippen molar-refractivity contribution in [3.8, 4) is 0 Å². The Hall–Kier alpha value is -0.410. The smallest absolute Gasteiger partial charge is 0.0897 e. The molecular weight excluding hydrogens is 204 g/mol. The summed E-state index contributed by atoms with van der Waals surface area (Å²) in [5.41, 5.74) is 0. The van der Waals surface area contributed by atoms with E-state index in [9.17, 15) is 0 Å². The van der Waals surface area contributed by atoms with E-state index >= 15 is 0 Å². The third-order valence-electron chi connectivity index (χ3n) is 3.37. The lowest BCUT2D eigenvalue weighted by atomic mass is 10.00. The van der Waals surface area contributed by atoms with Gasteiger partial charge in [0.15, 0.2) is 0 Å². The molecule has 1 aromatic heterocycles. The first kappa shape index (κ1) is 11.1. The molecule has 15 heavy (non-hydrogen) atoms. The molecule has 1 fully saturated rings. The first-order valence-electron chi connectivity index (χ1n) is 5.90. The van der Waals surface area contributed by atoms with Gasteiger partial charge in [-0.05, 0) is 32.6 Å². The molecule has 0 saturated heterocycles. The van der Waals surface area contributed by atoms with Gasteiger partial charge in [-0.1, -0.05) is 12.8 Å². The van der Waals surface area contributed by atoms with Gasteiger partial charge in [-0.2, -0.15) is 0 Å². The average molecular weight is 224 g/mol. The van der Waals surface area contributed by atoms with Crippen molar-refractivity contribution in [3.63, 3.8) is 0 Å². The molecule has 2 nitrogen and oxygen atoms in total. The molecule has 1 N–H and O–H groups in total. The van der Waals surface area contributed by atoms with E-state index in [1.54, 1.807) is 11.3 Å². The summed E-state index contributed by atoms with van der Waals surface area (Å²) < 4.78 is 0. The summed E-state index contributed by atoms with van der Waals surface area (Å²) in [7, 11) is 0. The maximum absolute atomic E-state index is 4.27. The van der Waals surface area contributed by atoms with Crippen LogP contribution in [0.5, 0.6) is 0 Å². The Balaban J connectivity index is 1.77. The molecule has 1 atom stereocenters. The maximum Gasteiger partial charge on any atom is 0.0897 e. The SMILES string of the molecule is Cc1ncc(CNC(C)C2CCCC2)s1. The minimum Gasteiger partial charge on any atom is -0.309 e. The van der Waals surface area contributed by atoms with Crippen molar-refractivity contribution >= 4 is 11.3 Å². The van der Waals surface area contributed by atoms with E-state index in [2.05, 4.69) is 24.1 Å². The van der Waals surface area contributed by atoms with Crippen molar-refractivity contribution in [1.29, 1.82) is 0 Å². The van der Waals surface area contributed by atoms with Crippen LogP contribution in [0.25, 0.3) is 0 Å². The van der Waals surface area contributed by atoms with E-state index in [1.807, 2.05) is 6.20 Å². The summed E-state index contributed by atoms with van der Waals surface area (Å²) in [6.07, 6.45) is 7.67. The van der Waals surface area contributed by atoms with Gasteiger partial charge < -0.3 is 5.32 Å². The van der Waals surface area contributed by atoms with Crippen molar-refractivity contribution in [2.45, 2.75) is 52.1 Å². The van der Waals surface area contributed by atoms with Crippen LogP contribution in [0.2, 0.25) is 0 Å². The number of aryl methyl sites for hydroxylation is 1. The van der Waals surface area contributed by atoms with E-state index in [1.165, 1.54) is 35.6 Å². The highest BCUT2D eigenvalue weighted by molar-refractivity contribution is 7.11. The molecule has 0 bridgehead atoms. The van der Waals surface area contributed by atoms with E-state index in [0.29, 0.717) is 6.04 Å². The van der Waals surface area contributed by atoms with Crippen molar-refractivity contribution in [2.75, 3.05) is 0 Å². The predicted molar refractivity (Wildman–Crippen MR) is 65.1 cm³/mol. The van der Waals surface area contributed by atoms with E-state index in [-0.39, 0.29) is 0 Å². The molecule has 1 unspecified atom stereocenters. The summed E-state index contributed by atoms with van der Waals surface area (Å²) in [5.74, 6) is 0.902. The monoisotopic (exact) mass is 224 g/mol. The summed E-state index contributed by atoms with van der Waals surface area (Å²) >= 11 is 1.80. The van der Waals surface area contributed by atoms with Crippen molar-refractivity contribution in [2.24, 2.45) is 5.92 Å². The fourth-order valence-corrected chi connectivity index (χ4v) is 3.12. The highest BCUT2D eigenvalue weighted by atomic mass is 32.1. The molecule has 1 heterocycles. The molecule has 1 aliphatic carbocycles. The number of hydrogen-bond acceptors (Lipinski definition) is 3. The van der Waals surface area contributed by atoms with Crippen LogP contribution in [0.15, 0.2) is 6.20 Å². The van der Waals surface area contributed by atoms with Gasteiger partial charge in [0.2, 0.25) is 0 Å². The number of nitrogens with one attached hydrogen (secondary N) is 1. The molecule has 0 radical (unpaired) electrons. The number of hydrogen-bond donors (Lipinski definition) is 1. The standard InChI is InChI=1S/C12H20N2S/c1-9(11-5-3-4-6-11)13-7-12-8-14-10(2)15-12/h8-9,11,13H,3-7H2,1-2H3. The fraction of sp³-hybridized carbons (Fsp3) is 0.750. The lowest BCUT2D eigenvalue weighted by Gasteiger charge is -2.19. The predicted octanol–water partition coefficient (Wildman–Crippen LogP) is 3.12. The lowest BCUT2D eigenvalue weighted by Crippen LogP contribution is -2.31. The van der Waals surface area contributed by atoms with Gasteiger partial charge in [-0.25, -0.2) is 4.98 Å². The van der Waals surface area contributed by atoms with Gasteiger partial charge in [0, 0.05) is 23.7 Å². The van der Waals surface area contributed by atoms with Crippen LogP contribution in [-0.2, 0) is 6.54 Å². The first-order chi connectivity index (χ1) is 7.25. The summed E-state index contributed by atoms with van der Waals surface area (Å²) in [4.78, 5) is 5.63. The second kappa shape index (κ2) is 5.08. The summed E-state index contributed by atoms with van der Waals surface area (Å²) in [5, 5.41) is 4.79. The number of aromatic nitrogens is 1. The van der Waals surface area contributed by atoms with Crippen LogP contribution >= 0.6 is 11.3 Å². The third kappa shape index (κ3) is 3.02. The quantitative estimate of drug-likeness (QED) is 0.850. The van der Waals surface area contributed by atoms with Crippen molar-refractivity contribution in [3.05, 3.63) is 16.1 Å². The number of nitrogens with zero attached hydrogens (tertiary/aromatic N) is 1. The Labute approximate surface area is 96.1 Å². The molecule has 0 aromatic carbocycles. The number of rotatable bonds is 4. The molecule has 1 aromatic rings. The Morgan fingerprint density at radius 3 is 2.87 bits per heavy atom. The normalized spacial score (nSPS) is 19.6. The van der Waals surface area contributed by atoms with Crippen LogP contribution in [-0.4, -0.2) is 11.0 Å². The van der Waals surface area contributed by atoms with Gasteiger partial charge >= 0.3 is 0 Å². The Morgan fingerprint density at radius 1 is 1.53 bits per heavy atom. The minimum atomic E-state index is 0.662. The molecular formula is C12H20N2S. The molecule has 2 rings (SSSR count). The number of thiazole rings is 1.